The molecule has 4 atom stereocenters. The fraction of sp³-hybridized carbons (Fsp3) is 0.500. The largest absolute Gasteiger partial charge is 0.394 e. The van der Waals surface area contributed by atoms with Gasteiger partial charge in [-0.2, -0.15) is 12.6 Å². The van der Waals surface area contributed by atoms with E-state index in [0.29, 0.717) is 11.2 Å². The van der Waals surface area contributed by atoms with Crippen molar-refractivity contribution in [2.24, 2.45) is 0 Å². The molecule has 2 aromatic heterocycles. The zero-order chi connectivity index (χ0) is 13.6. The number of aromatic nitrogens is 4. The van der Waals surface area contributed by atoms with Crippen molar-refractivity contribution in [2.45, 2.75) is 23.7 Å². The van der Waals surface area contributed by atoms with Crippen molar-refractivity contribution in [3.63, 3.8) is 0 Å². The Balaban J connectivity index is 2.04. The van der Waals surface area contributed by atoms with E-state index >= 15 is 0 Å². The number of hydrogen-bond donors (Lipinski definition) is 4. The lowest BCUT2D eigenvalue weighted by Gasteiger charge is -2.16. The van der Waals surface area contributed by atoms with Gasteiger partial charge in [0.2, 0.25) is 0 Å². The number of anilines is 1. The van der Waals surface area contributed by atoms with E-state index in [0.717, 1.165) is 0 Å². The van der Waals surface area contributed by atoms with Crippen LogP contribution in [0.2, 0.25) is 0 Å². The third-order valence-electron chi connectivity index (χ3n) is 3.18. The number of nitrogens with two attached hydrogens (primary N) is 1. The number of imidazole rings is 1. The van der Waals surface area contributed by atoms with E-state index in [-0.39, 0.29) is 12.4 Å². The van der Waals surface area contributed by atoms with Gasteiger partial charge in [-0.15, -0.1) is 0 Å². The molecule has 2 aromatic rings. The average molecular weight is 283 g/mol. The Kier molecular flexibility index (Phi) is 3.05. The predicted molar refractivity (Wildman–Crippen MR) is 69.5 cm³/mol. The van der Waals surface area contributed by atoms with Gasteiger partial charge in [0.25, 0.3) is 0 Å². The third-order valence-corrected chi connectivity index (χ3v) is 3.74. The molecule has 0 amide bonds. The Morgan fingerprint density at radius 3 is 2.89 bits per heavy atom. The number of nitrogens with zero attached hydrogens (tertiary/aromatic N) is 4. The summed E-state index contributed by atoms with van der Waals surface area (Å²) >= 11 is 4.32. The summed E-state index contributed by atoms with van der Waals surface area (Å²) in [6.07, 6.45) is 0.725. The van der Waals surface area contributed by atoms with Crippen molar-refractivity contribution < 1.29 is 14.9 Å². The van der Waals surface area contributed by atoms with E-state index in [4.69, 9.17) is 15.6 Å². The van der Waals surface area contributed by atoms with E-state index in [2.05, 4.69) is 27.6 Å². The molecule has 0 aliphatic carbocycles. The van der Waals surface area contributed by atoms with Crippen LogP contribution < -0.4 is 5.73 Å². The molecule has 102 valence electrons. The van der Waals surface area contributed by atoms with E-state index in [1.54, 1.807) is 4.57 Å². The molecule has 3 rings (SSSR count). The van der Waals surface area contributed by atoms with Crippen LogP contribution in [0.1, 0.15) is 6.23 Å². The van der Waals surface area contributed by atoms with Crippen LogP contribution in [0, 0.1) is 0 Å². The highest BCUT2D eigenvalue weighted by molar-refractivity contribution is 7.81. The summed E-state index contributed by atoms with van der Waals surface area (Å²) in [5.74, 6) is 0.275. The van der Waals surface area contributed by atoms with Crippen LogP contribution >= 0.6 is 12.6 Å². The molecule has 0 spiro atoms. The van der Waals surface area contributed by atoms with Crippen LogP contribution in [0.4, 0.5) is 5.82 Å². The third kappa shape index (κ3) is 1.86. The van der Waals surface area contributed by atoms with Crippen molar-refractivity contribution in [3.8, 4) is 0 Å². The minimum atomic E-state index is -0.866. The summed E-state index contributed by atoms with van der Waals surface area (Å²) in [7, 11) is 0. The normalized spacial score (nSPS) is 31.1. The topological polar surface area (TPSA) is 119 Å². The number of thiol groups is 1. The van der Waals surface area contributed by atoms with Gasteiger partial charge in [0.15, 0.2) is 17.7 Å². The summed E-state index contributed by atoms with van der Waals surface area (Å²) in [5.41, 5.74) is 6.68. The van der Waals surface area contributed by atoms with Gasteiger partial charge in [-0.3, -0.25) is 4.57 Å². The summed E-state index contributed by atoms with van der Waals surface area (Å²) in [4.78, 5) is 12.1. The average Bonchev–Trinajstić information content (AvgIpc) is 2.94. The Bertz CT molecular complexity index is 606. The van der Waals surface area contributed by atoms with Gasteiger partial charge in [0.1, 0.15) is 17.9 Å². The van der Waals surface area contributed by atoms with Crippen LogP contribution in [-0.4, -0.2) is 53.8 Å². The van der Waals surface area contributed by atoms with E-state index < -0.39 is 23.7 Å². The van der Waals surface area contributed by atoms with Gasteiger partial charge in [0.05, 0.1) is 24.3 Å². The maximum atomic E-state index is 9.90. The molecule has 0 bridgehead atoms. The van der Waals surface area contributed by atoms with Crippen LogP contribution in [0.3, 0.4) is 0 Å². The van der Waals surface area contributed by atoms with E-state index in [9.17, 15) is 5.11 Å². The molecule has 0 radical (unpaired) electrons. The van der Waals surface area contributed by atoms with E-state index in [1.807, 2.05) is 0 Å². The van der Waals surface area contributed by atoms with Gasteiger partial charge in [-0.05, 0) is 0 Å². The highest BCUT2D eigenvalue weighted by atomic mass is 32.1. The molecule has 4 N–H and O–H groups in total. The number of ether oxygens (including phenoxy) is 1. The first kappa shape index (κ1) is 12.6. The summed E-state index contributed by atoms with van der Waals surface area (Å²) in [6.45, 7) is -0.279. The molecule has 9 heteroatoms. The first-order chi connectivity index (χ1) is 9.13. The Morgan fingerprint density at radius 1 is 1.42 bits per heavy atom. The second-order valence-corrected chi connectivity index (χ2v) is 4.91. The molecular formula is C10H13N5O3S. The minimum Gasteiger partial charge on any atom is -0.394 e. The molecular weight excluding hydrogens is 270 g/mol. The molecule has 0 saturated carbocycles. The standard InChI is InChI=1S/C10H13N5O3S/c11-8-5-9(13-2-12-8)15(3-14-5)10-7(19)6(17)4(1-16)18-10/h2-4,6-7,10,16-17,19H,1H2,(H2,11,12,13). The van der Waals surface area contributed by atoms with Gasteiger partial charge in [0, 0.05) is 0 Å². The van der Waals surface area contributed by atoms with Crippen LogP contribution in [-0.2, 0) is 4.74 Å². The fourth-order valence-corrected chi connectivity index (χ4v) is 2.57. The zero-order valence-corrected chi connectivity index (χ0v) is 10.7. The highest BCUT2D eigenvalue weighted by Gasteiger charge is 2.42. The highest BCUT2D eigenvalue weighted by Crippen LogP contribution is 2.34. The fourth-order valence-electron chi connectivity index (χ4n) is 2.17. The van der Waals surface area contributed by atoms with Crippen molar-refractivity contribution >= 4 is 29.6 Å². The van der Waals surface area contributed by atoms with Gasteiger partial charge < -0.3 is 20.7 Å². The van der Waals surface area contributed by atoms with Gasteiger partial charge >= 0.3 is 0 Å². The predicted octanol–water partition coefficient (Wildman–Crippen LogP) is -1.04. The second-order valence-electron chi connectivity index (χ2n) is 4.31. The summed E-state index contributed by atoms with van der Waals surface area (Å²) in [6, 6.07) is 0. The Labute approximate surface area is 113 Å². The molecule has 1 fully saturated rings. The van der Waals surface area contributed by atoms with Crippen molar-refractivity contribution in [2.75, 3.05) is 12.3 Å². The lowest BCUT2D eigenvalue weighted by molar-refractivity contribution is -0.0430. The van der Waals surface area contributed by atoms with Gasteiger partial charge in [-0.25, -0.2) is 15.0 Å². The second kappa shape index (κ2) is 4.60. The number of aliphatic hydroxyl groups is 2. The number of aliphatic hydroxyl groups excluding tert-OH is 2. The number of nitrogen functional groups attached to an aromatic ring is 1. The Hall–Kier alpha value is -1.42. The van der Waals surface area contributed by atoms with Crippen molar-refractivity contribution in [1.29, 1.82) is 0 Å². The molecule has 4 unspecified atom stereocenters. The number of hydrogen-bond acceptors (Lipinski definition) is 8. The maximum absolute atomic E-state index is 9.90. The SMILES string of the molecule is Nc1ncnc2c1ncn2C1OC(CO)C(O)C1S. The van der Waals surface area contributed by atoms with Crippen LogP contribution in [0.15, 0.2) is 12.7 Å². The molecule has 3 heterocycles. The van der Waals surface area contributed by atoms with Gasteiger partial charge in [-0.1, -0.05) is 0 Å². The molecule has 19 heavy (non-hydrogen) atoms. The molecule has 1 aliphatic rings. The minimum absolute atomic E-state index is 0.275. The van der Waals surface area contributed by atoms with Crippen LogP contribution in [0.25, 0.3) is 11.2 Å². The summed E-state index contributed by atoms with van der Waals surface area (Å²) in [5, 5.41) is 18.5. The van der Waals surface area contributed by atoms with E-state index in [1.165, 1.54) is 12.7 Å². The molecule has 1 saturated heterocycles. The smallest absolute Gasteiger partial charge is 0.167 e. The quantitative estimate of drug-likeness (QED) is 0.520. The Morgan fingerprint density at radius 2 is 2.21 bits per heavy atom. The maximum Gasteiger partial charge on any atom is 0.167 e. The molecule has 1 aliphatic heterocycles. The number of rotatable bonds is 2. The lowest BCUT2D eigenvalue weighted by atomic mass is 10.2. The van der Waals surface area contributed by atoms with Crippen molar-refractivity contribution in [1.82, 2.24) is 19.5 Å². The zero-order valence-electron chi connectivity index (χ0n) is 9.79. The molecule has 0 aromatic carbocycles. The first-order valence-corrected chi connectivity index (χ1v) is 6.20. The van der Waals surface area contributed by atoms with Crippen LogP contribution in [0.5, 0.6) is 0 Å². The lowest BCUT2D eigenvalue weighted by Crippen LogP contribution is -2.30. The monoisotopic (exact) mass is 283 g/mol. The van der Waals surface area contributed by atoms with Crippen molar-refractivity contribution in [3.05, 3.63) is 12.7 Å². The number of fused-ring (bicyclic) bond motifs is 1. The molecule has 8 nitrogen and oxygen atoms in total. The summed E-state index contributed by atoms with van der Waals surface area (Å²) < 4.78 is 7.20. The first-order valence-electron chi connectivity index (χ1n) is 5.69.